The number of nitrogens with one attached hydrogen (secondary N) is 2. The van der Waals surface area contributed by atoms with E-state index in [-0.39, 0.29) is 13.3 Å². The van der Waals surface area contributed by atoms with Gasteiger partial charge in [0.25, 0.3) is 11.8 Å². The fourth-order valence-electron chi connectivity index (χ4n) is 2.22. The first-order valence-electron chi connectivity index (χ1n) is 7.90. The molecule has 0 aliphatic carbocycles. The zero-order valence-electron chi connectivity index (χ0n) is 14.0. The molecule has 8 nitrogen and oxygen atoms in total. The molecule has 2 aromatic rings. The Balaban J connectivity index is 1.40. The molecule has 0 atom stereocenters. The molecule has 0 saturated carbocycles. The molecular formula is C18H15BrN2O6. The minimum Gasteiger partial charge on any atom is -0.454 e. The Bertz CT molecular complexity index is 869. The number of rotatable bonds is 6. The van der Waals surface area contributed by atoms with Crippen molar-refractivity contribution in [2.75, 3.05) is 25.3 Å². The van der Waals surface area contributed by atoms with Gasteiger partial charge >= 0.3 is 5.97 Å². The highest BCUT2D eigenvalue weighted by Crippen LogP contribution is 2.34. The van der Waals surface area contributed by atoms with Crippen LogP contribution < -0.4 is 20.1 Å². The van der Waals surface area contributed by atoms with E-state index in [0.717, 1.165) is 4.47 Å². The Morgan fingerprint density at radius 3 is 2.56 bits per heavy atom. The van der Waals surface area contributed by atoms with E-state index in [1.54, 1.807) is 42.5 Å². The van der Waals surface area contributed by atoms with Crippen LogP contribution in [0.4, 0.5) is 5.69 Å². The average Bonchev–Trinajstić information content (AvgIpc) is 3.13. The van der Waals surface area contributed by atoms with Gasteiger partial charge in [0.15, 0.2) is 18.1 Å². The Morgan fingerprint density at radius 2 is 1.78 bits per heavy atom. The van der Waals surface area contributed by atoms with Gasteiger partial charge in [0.1, 0.15) is 6.54 Å². The Kier molecular flexibility index (Phi) is 5.92. The van der Waals surface area contributed by atoms with E-state index < -0.39 is 24.4 Å². The van der Waals surface area contributed by atoms with Crippen molar-refractivity contribution in [1.82, 2.24) is 5.32 Å². The van der Waals surface area contributed by atoms with Crippen molar-refractivity contribution in [2.45, 2.75) is 0 Å². The van der Waals surface area contributed by atoms with Gasteiger partial charge in [0, 0.05) is 21.8 Å². The molecule has 2 aromatic carbocycles. The van der Waals surface area contributed by atoms with Gasteiger partial charge in [-0.3, -0.25) is 14.4 Å². The summed E-state index contributed by atoms with van der Waals surface area (Å²) >= 11 is 3.27. The molecule has 0 unspecified atom stereocenters. The summed E-state index contributed by atoms with van der Waals surface area (Å²) in [6.07, 6.45) is 0. The Labute approximate surface area is 162 Å². The monoisotopic (exact) mass is 434 g/mol. The number of carbonyl (C=O) groups excluding carboxylic acids is 3. The first kappa shape index (κ1) is 18.7. The summed E-state index contributed by atoms with van der Waals surface area (Å²) in [4.78, 5) is 35.4. The summed E-state index contributed by atoms with van der Waals surface area (Å²) in [5, 5.41) is 5.01. The van der Waals surface area contributed by atoms with Gasteiger partial charge in [-0.15, -0.1) is 0 Å². The molecule has 1 aliphatic heterocycles. The number of carbonyl (C=O) groups is 3. The maximum Gasteiger partial charge on any atom is 0.325 e. The quantitative estimate of drug-likeness (QED) is 0.674. The van der Waals surface area contributed by atoms with Gasteiger partial charge < -0.3 is 24.8 Å². The molecule has 0 fully saturated rings. The van der Waals surface area contributed by atoms with Gasteiger partial charge in [0.2, 0.25) is 6.79 Å². The van der Waals surface area contributed by atoms with Crippen LogP contribution in [0.15, 0.2) is 46.9 Å². The van der Waals surface area contributed by atoms with Crippen molar-refractivity contribution in [1.29, 1.82) is 0 Å². The molecule has 0 bridgehead atoms. The summed E-state index contributed by atoms with van der Waals surface area (Å²) in [5.74, 6) is -0.520. The first-order chi connectivity index (χ1) is 13.0. The second-order valence-corrected chi connectivity index (χ2v) is 6.38. The number of esters is 1. The molecule has 3 rings (SSSR count). The van der Waals surface area contributed by atoms with E-state index in [2.05, 4.69) is 26.6 Å². The Morgan fingerprint density at radius 1 is 1.04 bits per heavy atom. The van der Waals surface area contributed by atoms with Crippen LogP contribution in [0.1, 0.15) is 10.4 Å². The second-order valence-electron chi connectivity index (χ2n) is 5.47. The van der Waals surface area contributed by atoms with Crippen LogP contribution in [0.2, 0.25) is 0 Å². The number of fused-ring (bicyclic) bond motifs is 1. The van der Waals surface area contributed by atoms with Crippen molar-refractivity contribution in [2.24, 2.45) is 0 Å². The van der Waals surface area contributed by atoms with Crippen molar-refractivity contribution in [3.63, 3.8) is 0 Å². The molecule has 140 valence electrons. The van der Waals surface area contributed by atoms with Crippen molar-refractivity contribution in [3.05, 3.63) is 52.5 Å². The van der Waals surface area contributed by atoms with Gasteiger partial charge in [-0.25, -0.2) is 0 Å². The van der Waals surface area contributed by atoms with Crippen LogP contribution in [0, 0.1) is 0 Å². The molecule has 2 N–H and O–H groups in total. The zero-order chi connectivity index (χ0) is 19.2. The maximum absolute atomic E-state index is 11.9. The molecular weight excluding hydrogens is 420 g/mol. The first-order valence-corrected chi connectivity index (χ1v) is 8.69. The predicted molar refractivity (Wildman–Crippen MR) is 98.6 cm³/mol. The summed E-state index contributed by atoms with van der Waals surface area (Å²) < 4.78 is 16.1. The normalized spacial score (nSPS) is 11.6. The number of hydrogen-bond acceptors (Lipinski definition) is 6. The highest BCUT2D eigenvalue weighted by molar-refractivity contribution is 9.10. The summed E-state index contributed by atoms with van der Waals surface area (Å²) in [6, 6.07) is 11.6. The van der Waals surface area contributed by atoms with E-state index >= 15 is 0 Å². The Hall–Kier alpha value is -3.07. The lowest BCUT2D eigenvalue weighted by molar-refractivity contribution is -0.146. The van der Waals surface area contributed by atoms with Gasteiger partial charge in [-0.2, -0.15) is 0 Å². The highest BCUT2D eigenvalue weighted by Gasteiger charge is 2.15. The van der Waals surface area contributed by atoms with Crippen molar-refractivity contribution >= 4 is 39.4 Å². The van der Waals surface area contributed by atoms with Gasteiger partial charge in [-0.05, 0) is 36.4 Å². The van der Waals surface area contributed by atoms with Crippen LogP contribution in [-0.4, -0.2) is 37.7 Å². The number of halogens is 1. The van der Waals surface area contributed by atoms with E-state index in [1.807, 2.05) is 0 Å². The van der Waals surface area contributed by atoms with Gasteiger partial charge in [0.05, 0.1) is 0 Å². The molecule has 9 heteroatoms. The lowest BCUT2D eigenvalue weighted by Crippen LogP contribution is -2.32. The lowest BCUT2D eigenvalue weighted by atomic mass is 10.2. The SMILES string of the molecule is O=C(COC(=O)CNC(=O)c1ccc(Br)cc1)Nc1ccc2c(c1)OCO2. The molecule has 0 saturated heterocycles. The number of hydrogen-bond donors (Lipinski definition) is 2. The summed E-state index contributed by atoms with van der Waals surface area (Å²) in [6.45, 7) is -0.677. The molecule has 0 radical (unpaired) electrons. The van der Waals surface area contributed by atoms with Crippen LogP contribution in [0.3, 0.4) is 0 Å². The number of anilines is 1. The predicted octanol–water partition coefficient (Wildman–Crippen LogP) is 2.09. The molecule has 0 aromatic heterocycles. The van der Waals surface area contributed by atoms with Crippen LogP contribution >= 0.6 is 15.9 Å². The third-order valence-corrected chi connectivity index (χ3v) is 4.05. The second kappa shape index (κ2) is 8.54. The fourth-order valence-corrected chi connectivity index (χ4v) is 2.49. The van der Waals surface area contributed by atoms with E-state index in [1.165, 1.54) is 0 Å². The number of ether oxygens (including phenoxy) is 3. The summed E-state index contributed by atoms with van der Waals surface area (Å²) in [5.41, 5.74) is 0.899. The van der Waals surface area contributed by atoms with Crippen molar-refractivity contribution < 1.29 is 28.6 Å². The van der Waals surface area contributed by atoms with Crippen LogP contribution in [-0.2, 0) is 14.3 Å². The topological polar surface area (TPSA) is 103 Å². The fraction of sp³-hybridized carbons (Fsp3) is 0.167. The standard InChI is InChI=1S/C18H15BrN2O6/c19-12-3-1-11(2-4-12)18(24)20-8-17(23)25-9-16(22)21-13-5-6-14-15(7-13)27-10-26-14/h1-7H,8-10H2,(H,20,24)(H,21,22). The zero-order valence-corrected chi connectivity index (χ0v) is 15.6. The van der Waals surface area contributed by atoms with E-state index in [4.69, 9.17) is 14.2 Å². The van der Waals surface area contributed by atoms with E-state index in [0.29, 0.717) is 22.7 Å². The third-order valence-electron chi connectivity index (χ3n) is 3.52. The van der Waals surface area contributed by atoms with Crippen molar-refractivity contribution in [3.8, 4) is 11.5 Å². The largest absolute Gasteiger partial charge is 0.454 e. The number of benzene rings is 2. The maximum atomic E-state index is 11.9. The molecule has 2 amide bonds. The minimum absolute atomic E-state index is 0.135. The average molecular weight is 435 g/mol. The molecule has 0 spiro atoms. The minimum atomic E-state index is -0.721. The van der Waals surface area contributed by atoms with E-state index in [9.17, 15) is 14.4 Å². The highest BCUT2D eigenvalue weighted by atomic mass is 79.9. The van der Waals surface area contributed by atoms with Crippen LogP contribution in [0.5, 0.6) is 11.5 Å². The molecule has 27 heavy (non-hydrogen) atoms. The summed E-state index contributed by atoms with van der Waals surface area (Å²) in [7, 11) is 0. The molecule has 1 aliphatic rings. The molecule has 1 heterocycles. The smallest absolute Gasteiger partial charge is 0.325 e. The van der Waals surface area contributed by atoms with Crippen LogP contribution in [0.25, 0.3) is 0 Å². The lowest BCUT2D eigenvalue weighted by Gasteiger charge is -2.08. The number of amides is 2. The van der Waals surface area contributed by atoms with Gasteiger partial charge in [-0.1, -0.05) is 15.9 Å². The third kappa shape index (κ3) is 5.20.